The predicted octanol–water partition coefficient (Wildman–Crippen LogP) is 2.66. The van der Waals surface area contributed by atoms with Crippen LogP contribution in [0.25, 0.3) is 0 Å². The van der Waals surface area contributed by atoms with E-state index in [0.29, 0.717) is 0 Å². The number of rotatable bonds is 5. The molecule has 0 saturated carbocycles. The molecule has 2 atom stereocenters. The monoisotopic (exact) mass is 284 g/mol. The molecule has 1 aromatic rings. The van der Waals surface area contributed by atoms with Crippen LogP contribution in [-0.4, -0.2) is 27.2 Å². The molecule has 0 amide bonds. The van der Waals surface area contributed by atoms with E-state index in [0.717, 1.165) is 24.8 Å². The van der Waals surface area contributed by atoms with Crippen molar-refractivity contribution in [3.05, 3.63) is 29.8 Å². The molecule has 0 bridgehead atoms. The lowest BCUT2D eigenvalue weighted by Gasteiger charge is -2.12. The molecule has 1 aromatic carbocycles. The maximum atomic E-state index is 12.0. The Balaban J connectivity index is 1.93. The van der Waals surface area contributed by atoms with Gasteiger partial charge in [-0.1, -0.05) is 24.6 Å². The van der Waals surface area contributed by atoms with E-state index in [4.69, 9.17) is 8.92 Å². The molecular weight excluding hydrogens is 264 g/mol. The number of aryl methyl sites for hydroxylation is 1. The fourth-order valence-corrected chi connectivity index (χ4v) is 3.08. The molecule has 0 unspecified atom stereocenters. The largest absolute Gasteiger partial charge is 0.373 e. The van der Waals surface area contributed by atoms with E-state index in [-0.39, 0.29) is 23.7 Å². The highest BCUT2D eigenvalue weighted by Crippen LogP contribution is 2.23. The summed E-state index contributed by atoms with van der Waals surface area (Å²) >= 11 is 0. The van der Waals surface area contributed by atoms with Crippen LogP contribution in [0, 0.1) is 6.92 Å². The number of hydrogen-bond donors (Lipinski definition) is 0. The lowest BCUT2D eigenvalue weighted by molar-refractivity contribution is 0.0180. The molecule has 1 fully saturated rings. The zero-order valence-electron chi connectivity index (χ0n) is 11.3. The smallest absolute Gasteiger partial charge is 0.297 e. The third-order valence-corrected chi connectivity index (χ3v) is 4.67. The second kappa shape index (κ2) is 6.03. The van der Waals surface area contributed by atoms with Crippen LogP contribution >= 0.6 is 0 Å². The van der Waals surface area contributed by atoms with Crippen molar-refractivity contribution in [1.82, 2.24) is 0 Å². The van der Waals surface area contributed by atoms with Gasteiger partial charge in [-0.3, -0.25) is 4.18 Å². The van der Waals surface area contributed by atoms with Gasteiger partial charge in [0.1, 0.15) is 0 Å². The molecule has 2 rings (SSSR count). The summed E-state index contributed by atoms with van der Waals surface area (Å²) in [5.74, 6) is 0. The fraction of sp³-hybridized carbons (Fsp3) is 0.571. The first-order chi connectivity index (χ1) is 9.01. The van der Waals surface area contributed by atoms with E-state index in [9.17, 15) is 8.42 Å². The van der Waals surface area contributed by atoms with Crippen LogP contribution in [0.15, 0.2) is 29.2 Å². The van der Waals surface area contributed by atoms with E-state index < -0.39 is 10.1 Å². The molecule has 0 aromatic heterocycles. The summed E-state index contributed by atoms with van der Waals surface area (Å²) in [7, 11) is -3.67. The standard InChI is InChI=1S/C14H20O4S/c1-3-12-6-7-13(18-12)10-17-19(15,16)14-8-4-11(2)5-9-14/h4-5,8-9,12-13H,3,6-7,10H2,1-2H3/t12-,13-/m1/s1. The first kappa shape index (κ1) is 14.5. The van der Waals surface area contributed by atoms with Crippen LogP contribution in [0.1, 0.15) is 31.7 Å². The van der Waals surface area contributed by atoms with Gasteiger partial charge >= 0.3 is 0 Å². The fourth-order valence-electron chi connectivity index (χ4n) is 2.14. The maximum Gasteiger partial charge on any atom is 0.297 e. The summed E-state index contributed by atoms with van der Waals surface area (Å²) in [6, 6.07) is 6.65. The van der Waals surface area contributed by atoms with Crippen molar-refractivity contribution in [3.63, 3.8) is 0 Å². The van der Waals surface area contributed by atoms with E-state index >= 15 is 0 Å². The first-order valence-corrected chi connectivity index (χ1v) is 8.03. The van der Waals surface area contributed by atoms with Crippen LogP contribution in [0.4, 0.5) is 0 Å². The summed E-state index contributed by atoms with van der Waals surface area (Å²) in [5, 5.41) is 0. The van der Waals surface area contributed by atoms with Gasteiger partial charge in [0.2, 0.25) is 0 Å². The summed E-state index contributed by atoms with van der Waals surface area (Å²) in [4.78, 5) is 0.197. The summed E-state index contributed by atoms with van der Waals surface area (Å²) in [6.45, 7) is 4.08. The topological polar surface area (TPSA) is 52.6 Å². The van der Waals surface area contributed by atoms with E-state index in [2.05, 4.69) is 6.92 Å². The van der Waals surface area contributed by atoms with Gasteiger partial charge in [-0.25, -0.2) is 0 Å². The zero-order chi connectivity index (χ0) is 13.9. The van der Waals surface area contributed by atoms with Gasteiger partial charge in [-0.15, -0.1) is 0 Å². The Kier molecular flexibility index (Phi) is 4.60. The van der Waals surface area contributed by atoms with Crippen LogP contribution in [0.5, 0.6) is 0 Å². The first-order valence-electron chi connectivity index (χ1n) is 6.63. The lowest BCUT2D eigenvalue weighted by atomic mass is 10.2. The van der Waals surface area contributed by atoms with Crippen molar-refractivity contribution in [1.29, 1.82) is 0 Å². The van der Waals surface area contributed by atoms with Crippen LogP contribution in [0.3, 0.4) is 0 Å². The SMILES string of the molecule is CC[C@@H]1CC[C@H](COS(=O)(=O)c2ccc(C)cc2)O1. The van der Waals surface area contributed by atoms with E-state index in [1.54, 1.807) is 24.3 Å². The second-order valence-corrected chi connectivity index (χ2v) is 6.53. The van der Waals surface area contributed by atoms with Gasteiger partial charge in [-0.2, -0.15) is 8.42 Å². The molecule has 0 aliphatic carbocycles. The Hall–Kier alpha value is -0.910. The average molecular weight is 284 g/mol. The molecule has 106 valence electrons. The molecular formula is C14H20O4S. The number of benzene rings is 1. The predicted molar refractivity (Wildman–Crippen MR) is 72.5 cm³/mol. The van der Waals surface area contributed by atoms with Gasteiger partial charge < -0.3 is 4.74 Å². The van der Waals surface area contributed by atoms with Crippen LogP contribution < -0.4 is 0 Å². The number of ether oxygens (including phenoxy) is 1. The molecule has 0 N–H and O–H groups in total. The average Bonchev–Trinajstić information content (AvgIpc) is 2.85. The Bertz CT molecular complexity index is 507. The third-order valence-electron chi connectivity index (χ3n) is 3.37. The molecule has 1 aliphatic heterocycles. The second-order valence-electron chi connectivity index (χ2n) is 4.92. The molecule has 5 heteroatoms. The Labute approximate surface area is 114 Å². The Morgan fingerprint density at radius 2 is 1.84 bits per heavy atom. The highest BCUT2D eigenvalue weighted by molar-refractivity contribution is 7.86. The molecule has 1 aliphatic rings. The van der Waals surface area contributed by atoms with Crippen molar-refractivity contribution in [2.24, 2.45) is 0 Å². The molecule has 4 nitrogen and oxygen atoms in total. The van der Waals surface area contributed by atoms with Crippen LogP contribution in [0.2, 0.25) is 0 Å². The molecule has 1 saturated heterocycles. The minimum absolute atomic E-state index is 0.104. The molecule has 1 heterocycles. The minimum Gasteiger partial charge on any atom is -0.373 e. The van der Waals surface area contributed by atoms with Crippen molar-refractivity contribution >= 4 is 10.1 Å². The molecule has 0 spiro atoms. The minimum atomic E-state index is -3.67. The van der Waals surface area contributed by atoms with Crippen molar-refractivity contribution in [2.75, 3.05) is 6.61 Å². The normalized spacial score (nSPS) is 23.7. The van der Waals surface area contributed by atoms with Gasteiger partial charge in [0.15, 0.2) is 0 Å². The summed E-state index contributed by atoms with van der Waals surface area (Å²) in [6.07, 6.45) is 2.94. The van der Waals surface area contributed by atoms with Crippen molar-refractivity contribution in [3.8, 4) is 0 Å². The van der Waals surface area contributed by atoms with Gasteiger partial charge in [0.25, 0.3) is 10.1 Å². The van der Waals surface area contributed by atoms with Crippen molar-refractivity contribution < 1.29 is 17.3 Å². The lowest BCUT2D eigenvalue weighted by Crippen LogP contribution is -2.19. The quantitative estimate of drug-likeness (QED) is 0.780. The van der Waals surface area contributed by atoms with E-state index in [1.165, 1.54) is 0 Å². The molecule has 19 heavy (non-hydrogen) atoms. The highest BCUT2D eigenvalue weighted by Gasteiger charge is 2.26. The molecule has 0 radical (unpaired) electrons. The van der Waals surface area contributed by atoms with Gasteiger partial charge in [-0.05, 0) is 38.3 Å². The van der Waals surface area contributed by atoms with Gasteiger partial charge in [0.05, 0.1) is 23.7 Å². The van der Waals surface area contributed by atoms with Crippen LogP contribution in [-0.2, 0) is 19.0 Å². The van der Waals surface area contributed by atoms with Gasteiger partial charge in [0, 0.05) is 0 Å². The van der Waals surface area contributed by atoms with Crippen molar-refractivity contribution in [2.45, 2.75) is 50.2 Å². The number of hydrogen-bond acceptors (Lipinski definition) is 4. The summed E-state index contributed by atoms with van der Waals surface area (Å²) < 4.78 is 34.7. The zero-order valence-corrected chi connectivity index (χ0v) is 12.2. The Morgan fingerprint density at radius 1 is 1.21 bits per heavy atom. The summed E-state index contributed by atoms with van der Waals surface area (Å²) in [5.41, 5.74) is 1.02. The highest BCUT2D eigenvalue weighted by atomic mass is 32.2. The Morgan fingerprint density at radius 3 is 2.42 bits per heavy atom. The van der Waals surface area contributed by atoms with E-state index in [1.807, 2.05) is 6.92 Å². The maximum absolute atomic E-state index is 12.0. The third kappa shape index (κ3) is 3.78.